The molecule has 1 aromatic heterocycles. The van der Waals surface area contributed by atoms with Crippen LogP contribution in [0.25, 0.3) is 0 Å². The standard InChI is InChI=1S/C16H20N4O2/c1-21-14-4-2-3-12(7-14)9-19-6-5-16-15(10-19)20-13(11-22-16)8-17-18-20/h2-4,7-8,15-16H,5-6,9-11H2,1H3. The Morgan fingerprint density at radius 3 is 3.27 bits per heavy atom. The van der Waals surface area contributed by atoms with E-state index in [1.165, 1.54) is 5.56 Å². The van der Waals surface area contributed by atoms with Crippen LogP contribution in [0.4, 0.5) is 0 Å². The Labute approximate surface area is 129 Å². The maximum atomic E-state index is 5.95. The van der Waals surface area contributed by atoms with E-state index in [2.05, 4.69) is 27.3 Å². The first-order valence-corrected chi connectivity index (χ1v) is 7.69. The summed E-state index contributed by atoms with van der Waals surface area (Å²) in [4.78, 5) is 2.45. The fourth-order valence-corrected chi connectivity index (χ4v) is 3.42. The maximum absolute atomic E-state index is 5.95. The summed E-state index contributed by atoms with van der Waals surface area (Å²) in [6.07, 6.45) is 3.10. The van der Waals surface area contributed by atoms with Gasteiger partial charge in [-0.3, -0.25) is 4.90 Å². The molecule has 3 heterocycles. The van der Waals surface area contributed by atoms with Gasteiger partial charge in [0.2, 0.25) is 0 Å². The molecule has 22 heavy (non-hydrogen) atoms. The van der Waals surface area contributed by atoms with Crippen molar-refractivity contribution in [2.75, 3.05) is 20.2 Å². The molecule has 0 amide bonds. The van der Waals surface area contributed by atoms with Gasteiger partial charge in [0, 0.05) is 19.6 Å². The summed E-state index contributed by atoms with van der Waals surface area (Å²) in [6, 6.07) is 8.54. The van der Waals surface area contributed by atoms with Crippen LogP contribution in [-0.4, -0.2) is 46.2 Å². The van der Waals surface area contributed by atoms with Crippen molar-refractivity contribution in [1.82, 2.24) is 19.9 Å². The quantitative estimate of drug-likeness (QED) is 0.862. The van der Waals surface area contributed by atoms with Crippen LogP contribution >= 0.6 is 0 Å². The molecule has 0 bridgehead atoms. The average Bonchev–Trinajstić information content (AvgIpc) is 3.04. The number of nitrogens with zero attached hydrogens (tertiary/aromatic N) is 4. The Balaban J connectivity index is 1.49. The second-order valence-electron chi connectivity index (χ2n) is 5.96. The predicted octanol–water partition coefficient (Wildman–Crippen LogP) is 1.63. The van der Waals surface area contributed by atoms with Crippen molar-refractivity contribution in [3.8, 4) is 5.75 Å². The molecule has 0 radical (unpaired) electrons. The van der Waals surface area contributed by atoms with Crippen LogP contribution in [-0.2, 0) is 17.9 Å². The van der Waals surface area contributed by atoms with Crippen molar-refractivity contribution in [3.63, 3.8) is 0 Å². The molecule has 1 fully saturated rings. The third-order valence-corrected chi connectivity index (χ3v) is 4.55. The Kier molecular flexibility index (Phi) is 3.56. The Bertz CT molecular complexity index is 657. The summed E-state index contributed by atoms with van der Waals surface area (Å²) in [5.74, 6) is 0.909. The van der Waals surface area contributed by atoms with Crippen molar-refractivity contribution in [3.05, 3.63) is 41.7 Å². The Morgan fingerprint density at radius 1 is 1.41 bits per heavy atom. The van der Waals surface area contributed by atoms with E-state index >= 15 is 0 Å². The monoisotopic (exact) mass is 300 g/mol. The van der Waals surface area contributed by atoms with E-state index in [9.17, 15) is 0 Å². The van der Waals surface area contributed by atoms with Crippen LogP contribution in [0.3, 0.4) is 0 Å². The highest BCUT2D eigenvalue weighted by Crippen LogP contribution is 2.30. The molecule has 2 aliphatic heterocycles. The predicted molar refractivity (Wildman–Crippen MR) is 80.5 cm³/mol. The van der Waals surface area contributed by atoms with Crippen molar-refractivity contribution in [1.29, 1.82) is 0 Å². The molecule has 6 heteroatoms. The van der Waals surface area contributed by atoms with Gasteiger partial charge >= 0.3 is 0 Å². The topological polar surface area (TPSA) is 52.4 Å². The average molecular weight is 300 g/mol. The van der Waals surface area contributed by atoms with E-state index < -0.39 is 0 Å². The molecule has 0 spiro atoms. The third kappa shape index (κ3) is 2.48. The normalized spacial score (nSPS) is 24.6. The van der Waals surface area contributed by atoms with Gasteiger partial charge in [-0.1, -0.05) is 17.3 Å². The lowest BCUT2D eigenvalue weighted by molar-refractivity contribution is -0.0669. The van der Waals surface area contributed by atoms with Gasteiger partial charge in [-0.15, -0.1) is 5.10 Å². The van der Waals surface area contributed by atoms with Crippen LogP contribution in [0.15, 0.2) is 30.5 Å². The summed E-state index contributed by atoms with van der Waals surface area (Å²) in [7, 11) is 1.70. The molecule has 2 aliphatic rings. The van der Waals surface area contributed by atoms with E-state index in [-0.39, 0.29) is 12.1 Å². The molecule has 0 N–H and O–H groups in total. The smallest absolute Gasteiger partial charge is 0.119 e. The summed E-state index contributed by atoms with van der Waals surface area (Å²) >= 11 is 0. The van der Waals surface area contributed by atoms with Crippen molar-refractivity contribution in [2.45, 2.75) is 31.7 Å². The lowest BCUT2D eigenvalue weighted by Crippen LogP contribution is -2.47. The van der Waals surface area contributed by atoms with Crippen LogP contribution in [0.5, 0.6) is 5.75 Å². The number of likely N-dealkylation sites (tertiary alicyclic amines) is 1. The minimum Gasteiger partial charge on any atom is -0.497 e. The van der Waals surface area contributed by atoms with Crippen LogP contribution in [0, 0.1) is 0 Å². The second-order valence-corrected chi connectivity index (χ2v) is 5.96. The SMILES string of the molecule is COc1cccc(CN2CCC3OCc4cnnn4C3C2)c1. The molecule has 1 aromatic carbocycles. The van der Waals surface area contributed by atoms with Crippen molar-refractivity contribution in [2.24, 2.45) is 0 Å². The van der Waals surface area contributed by atoms with Gasteiger partial charge in [0.05, 0.1) is 37.8 Å². The zero-order valence-electron chi connectivity index (χ0n) is 12.7. The number of piperidine rings is 1. The maximum Gasteiger partial charge on any atom is 0.119 e. The van der Waals surface area contributed by atoms with Gasteiger partial charge in [0.25, 0.3) is 0 Å². The number of ether oxygens (including phenoxy) is 2. The summed E-state index contributed by atoms with van der Waals surface area (Å²) in [5, 5.41) is 8.27. The lowest BCUT2D eigenvalue weighted by Gasteiger charge is -2.41. The van der Waals surface area contributed by atoms with E-state index in [1.807, 2.05) is 16.8 Å². The number of benzene rings is 1. The summed E-state index contributed by atoms with van der Waals surface area (Å²) in [5.41, 5.74) is 2.35. The van der Waals surface area contributed by atoms with Crippen molar-refractivity contribution >= 4 is 0 Å². The number of hydrogen-bond donors (Lipinski definition) is 0. The number of hydrogen-bond acceptors (Lipinski definition) is 5. The highest BCUT2D eigenvalue weighted by atomic mass is 16.5. The van der Waals surface area contributed by atoms with Crippen LogP contribution in [0.2, 0.25) is 0 Å². The van der Waals surface area contributed by atoms with Gasteiger partial charge < -0.3 is 9.47 Å². The van der Waals surface area contributed by atoms with E-state index in [0.29, 0.717) is 6.61 Å². The molecule has 2 unspecified atom stereocenters. The zero-order valence-corrected chi connectivity index (χ0v) is 12.7. The molecule has 6 nitrogen and oxygen atoms in total. The second kappa shape index (κ2) is 5.70. The third-order valence-electron chi connectivity index (χ3n) is 4.55. The molecule has 2 aromatic rings. The van der Waals surface area contributed by atoms with Gasteiger partial charge in [-0.2, -0.15) is 0 Å². The number of aromatic nitrogens is 3. The molecule has 4 rings (SSSR count). The molecule has 2 atom stereocenters. The van der Waals surface area contributed by atoms with Crippen molar-refractivity contribution < 1.29 is 9.47 Å². The van der Waals surface area contributed by atoms with Gasteiger partial charge in [-0.25, -0.2) is 4.68 Å². The molecular weight excluding hydrogens is 280 g/mol. The van der Waals surface area contributed by atoms with Crippen LogP contribution in [0.1, 0.15) is 23.7 Å². The van der Waals surface area contributed by atoms with Gasteiger partial charge in [-0.05, 0) is 24.1 Å². The number of fused-ring (bicyclic) bond motifs is 3. The first kappa shape index (κ1) is 13.7. The highest BCUT2D eigenvalue weighted by Gasteiger charge is 2.36. The molecular formula is C16H20N4O2. The molecule has 0 aliphatic carbocycles. The fraction of sp³-hybridized carbons (Fsp3) is 0.500. The number of methoxy groups -OCH3 is 1. The highest BCUT2D eigenvalue weighted by molar-refractivity contribution is 5.28. The van der Waals surface area contributed by atoms with Gasteiger partial charge in [0.15, 0.2) is 0 Å². The number of rotatable bonds is 3. The Morgan fingerprint density at radius 2 is 2.36 bits per heavy atom. The van der Waals surface area contributed by atoms with Gasteiger partial charge in [0.1, 0.15) is 5.75 Å². The minimum absolute atomic E-state index is 0.260. The Hall–Kier alpha value is -1.92. The van der Waals surface area contributed by atoms with E-state index in [0.717, 1.165) is 37.5 Å². The largest absolute Gasteiger partial charge is 0.497 e. The first-order valence-electron chi connectivity index (χ1n) is 7.69. The fourth-order valence-electron chi connectivity index (χ4n) is 3.42. The zero-order chi connectivity index (χ0) is 14.9. The summed E-state index contributed by atoms with van der Waals surface area (Å²) < 4.78 is 13.3. The summed E-state index contributed by atoms with van der Waals surface area (Å²) in [6.45, 7) is 3.54. The van der Waals surface area contributed by atoms with Crippen LogP contribution < -0.4 is 4.74 Å². The lowest BCUT2D eigenvalue weighted by atomic mass is 10.00. The minimum atomic E-state index is 0.260. The molecule has 1 saturated heterocycles. The van der Waals surface area contributed by atoms with E-state index in [4.69, 9.17) is 9.47 Å². The van der Waals surface area contributed by atoms with E-state index in [1.54, 1.807) is 13.3 Å². The first-order chi connectivity index (χ1) is 10.8. The molecule has 116 valence electrons. The molecule has 0 saturated carbocycles.